The predicted octanol–water partition coefficient (Wildman–Crippen LogP) is 2.19. The lowest BCUT2D eigenvalue weighted by Crippen LogP contribution is -2.13. The molecule has 72 valence electrons. The van der Waals surface area contributed by atoms with Crippen molar-refractivity contribution in [2.75, 3.05) is 5.88 Å². The van der Waals surface area contributed by atoms with Gasteiger partial charge in [-0.05, 0) is 18.8 Å². The van der Waals surface area contributed by atoms with Gasteiger partial charge >= 0.3 is 0 Å². The number of alkyl halides is 1. The van der Waals surface area contributed by atoms with Gasteiger partial charge in [-0.15, -0.1) is 21.8 Å². The van der Waals surface area contributed by atoms with Crippen LogP contribution in [0.5, 0.6) is 0 Å². The third kappa shape index (κ3) is 2.21. The van der Waals surface area contributed by atoms with Gasteiger partial charge in [-0.3, -0.25) is 0 Å². The van der Waals surface area contributed by atoms with E-state index in [1.54, 1.807) is 0 Å². The molecule has 1 heterocycles. The Morgan fingerprint density at radius 3 is 2.69 bits per heavy atom. The first-order valence-corrected chi connectivity index (χ1v) is 5.29. The Hall–Kier alpha value is -0.570. The number of hydrogen-bond acceptors (Lipinski definition) is 3. The zero-order chi connectivity index (χ0) is 9.10. The molecule has 0 aliphatic heterocycles. The van der Waals surface area contributed by atoms with Gasteiger partial charge in [0.15, 0.2) is 0 Å². The summed E-state index contributed by atoms with van der Waals surface area (Å²) in [5, 5.41) is 7.90. The largest absolute Gasteiger partial charge is 0.425 e. The number of aromatic nitrogens is 2. The van der Waals surface area contributed by atoms with Crippen LogP contribution in [0.3, 0.4) is 0 Å². The molecule has 0 unspecified atom stereocenters. The van der Waals surface area contributed by atoms with Crippen LogP contribution >= 0.6 is 11.6 Å². The highest BCUT2D eigenvalue weighted by Gasteiger charge is 2.20. The maximum Gasteiger partial charge on any atom is 0.217 e. The monoisotopic (exact) mass is 200 g/mol. The van der Waals surface area contributed by atoms with Gasteiger partial charge in [-0.2, -0.15) is 0 Å². The molecule has 0 bridgehead atoms. The Balaban J connectivity index is 1.88. The van der Waals surface area contributed by atoms with Crippen LogP contribution < -0.4 is 0 Å². The van der Waals surface area contributed by atoms with Crippen molar-refractivity contribution in [3.05, 3.63) is 11.8 Å². The zero-order valence-corrected chi connectivity index (χ0v) is 8.26. The van der Waals surface area contributed by atoms with Crippen LogP contribution in [0, 0.1) is 5.92 Å². The van der Waals surface area contributed by atoms with Crippen molar-refractivity contribution in [3.63, 3.8) is 0 Å². The standard InChI is InChI=1S/C9H13ClN2O/c10-5-4-8-11-12-9(13-8)6-7-2-1-3-7/h7H,1-6H2. The quantitative estimate of drug-likeness (QED) is 0.700. The highest BCUT2D eigenvalue weighted by Crippen LogP contribution is 2.29. The van der Waals surface area contributed by atoms with Gasteiger partial charge in [-0.1, -0.05) is 6.42 Å². The molecule has 0 saturated heterocycles. The van der Waals surface area contributed by atoms with Gasteiger partial charge in [-0.25, -0.2) is 0 Å². The lowest BCUT2D eigenvalue weighted by atomic mass is 9.83. The van der Waals surface area contributed by atoms with E-state index in [-0.39, 0.29) is 0 Å². The first kappa shape index (κ1) is 9.00. The Morgan fingerprint density at radius 1 is 1.31 bits per heavy atom. The maximum absolute atomic E-state index is 5.56. The number of aryl methyl sites for hydroxylation is 1. The number of rotatable bonds is 4. The van der Waals surface area contributed by atoms with E-state index in [4.69, 9.17) is 16.0 Å². The van der Waals surface area contributed by atoms with Crippen LogP contribution in [-0.4, -0.2) is 16.1 Å². The normalized spacial score (nSPS) is 17.3. The molecule has 1 aromatic rings. The van der Waals surface area contributed by atoms with E-state index in [1.807, 2.05) is 0 Å². The summed E-state index contributed by atoms with van der Waals surface area (Å²) in [7, 11) is 0. The van der Waals surface area contributed by atoms with Crippen LogP contribution in [0.1, 0.15) is 31.0 Å². The summed E-state index contributed by atoms with van der Waals surface area (Å²) in [4.78, 5) is 0. The first-order valence-electron chi connectivity index (χ1n) is 4.75. The Morgan fingerprint density at radius 2 is 2.08 bits per heavy atom. The lowest BCUT2D eigenvalue weighted by Gasteiger charge is -2.23. The van der Waals surface area contributed by atoms with Crippen molar-refractivity contribution in [2.24, 2.45) is 5.92 Å². The van der Waals surface area contributed by atoms with E-state index in [1.165, 1.54) is 19.3 Å². The Kier molecular flexibility index (Phi) is 2.83. The second-order valence-electron chi connectivity index (χ2n) is 3.53. The van der Waals surface area contributed by atoms with Crippen molar-refractivity contribution in [2.45, 2.75) is 32.1 Å². The average molecular weight is 201 g/mol. The fourth-order valence-electron chi connectivity index (χ4n) is 1.50. The highest BCUT2D eigenvalue weighted by atomic mass is 35.5. The van der Waals surface area contributed by atoms with Crippen molar-refractivity contribution in [1.29, 1.82) is 0 Å². The van der Waals surface area contributed by atoms with Gasteiger partial charge in [0.25, 0.3) is 0 Å². The summed E-state index contributed by atoms with van der Waals surface area (Å²) in [5.74, 6) is 2.78. The average Bonchev–Trinajstić information content (AvgIpc) is 2.46. The summed E-state index contributed by atoms with van der Waals surface area (Å²) in [6.45, 7) is 0. The van der Waals surface area contributed by atoms with Crippen molar-refractivity contribution in [1.82, 2.24) is 10.2 Å². The third-order valence-electron chi connectivity index (χ3n) is 2.51. The maximum atomic E-state index is 5.56. The minimum absolute atomic E-state index is 0.547. The molecule has 0 N–H and O–H groups in total. The summed E-state index contributed by atoms with van der Waals surface area (Å²) >= 11 is 5.56. The second kappa shape index (κ2) is 4.09. The van der Waals surface area contributed by atoms with Crippen LogP contribution in [0.4, 0.5) is 0 Å². The van der Waals surface area contributed by atoms with E-state index < -0.39 is 0 Å². The van der Waals surface area contributed by atoms with Gasteiger partial charge in [0.05, 0.1) is 0 Å². The molecule has 3 nitrogen and oxygen atoms in total. The summed E-state index contributed by atoms with van der Waals surface area (Å²) in [6, 6.07) is 0. The molecule has 0 atom stereocenters. The van der Waals surface area contributed by atoms with Crippen LogP contribution in [0.2, 0.25) is 0 Å². The molecule has 2 rings (SSSR count). The van der Waals surface area contributed by atoms with Crippen LogP contribution in [0.15, 0.2) is 4.42 Å². The molecule has 4 heteroatoms. The van der Waals surface area contributed by atoms with Gasteiger partial charge in [0.1, 0.15) is 0 Å². The van der Waals surface area contributed by atoms with E-state index in [9.17, 15) is 0 Å². The summed E-state index contributed by atoms with van der Waals surface area (Å²) < 4.78 is 5.42. The van der Waals surface area contributed by atoms with Gasteiger partial charge < -0.3 is 4.42 Å². The number of nitrogens with zero attached hydrogens (tertiary/aromatic N) is 2. The third-order valence-corrected chi connectivity index (χ3v) is 2.69. The van der Waals surface area contributed by atoms with Gasteiger partial charge in [0, 0.05) is 18.7 Å². The zero-order valence-electron chi connectivity index (χ0n) is 7.50. The molecule has 13 heavy (non-hydrogen) atoms. The summed E-state index contributed by atoms with van der Waals surface area (Å²) in [5.41, 5.74) is 0. The van der Waals surface area contributed by atoms with Crippen LogP contribution in [-0.2, 0) is 12.8 Å². The topological polar surface area (TPSA) is 38.9 Å². The second-order valence-corrected chi connectivity index (χ2v) is 3.91. The molecule has 1 aliphatic rings. The Labute approximate surface area is 82.5 Å². The Bertz CT molecular complexity index is 270. The SMILES string of the molecule is ClCCc1nnc(CC2CCC2)o1. The number of hydrogen-bond donors (Lipinski definition) is 0. The van der Waals surface area contributed by atoms with E-state index in [0.29, 0.717) is 18.2 Å². The minimum Gasteiger partial charge on any atom is -0.425 e. The molecular formula is C9H13ClN2O. The summed E-state index contributed by atoms with van der Waals surface area (Å²) in [6.07, 6.45) is 5.61. The number of halogens is 1. The van der Waals surface area contributed by atoms with Gasteiger partial charge in [0.2, 0.25) is 11.8 Å². The molecular weight excluding hydrogens is 188 g/mol. The van der Waals surface area contributed by atoms with Crippen molar-refractivity contribution >= 4 is 11.6 Å². The molecule has 1 aromatic heterocycles. The molecule has 0 aromatic carbocycles. The molecule has 1 aliphatic carbocycles. The van der Waals surface area contributed by atoms with Crippen molar-refractivity contribution in [3.8, 4) is 0 Å². The van der Waals surface area contributed by atoms with E-state index in [2.05, 4.69) is 10.2 Å². The molecule has 0 radical (unpaired) electrons. The highest BCUT2D eigenvalue weighted by molar-refractivity contribution is 6.17. The molecule has 1 fully saturated rings. The fourth-order valence-corrected chi connectivity index (χ4v) is 1.66. The minimum atomic E-state index is 0.547. The molecule has 0 spiro atoms. The van der Waals surface area contributed by atoms with Crippen LogP contribution in [0.25, 0.3) is 0 Å². The van der Waals surface area contributed by atoms with Crippen molar-refractivity contribution < 1.29 is 4.42 Å². The molecule has 1 saturated carbocycles. The predicted molar refractivity (Wildman–Crippen MR) is 49.8 cm³/mol. The lowest BCUT2D eigenvalue weighted by molar-refractivity contribution is 0.287. The van der Waals surface area contributed by atoms with E-state index >= 15 is 0 Å². The first-order chi connectivity index (χ1) is 6.38. The molecule has 0 amide bonds. The van der Waals surface area contributed by atoms with E-state index in [0.717, 1.165) is 18.2 Å². The fraction of sp³-hybridized carbons (Fsp3) is 0.778. The smallest absolute Gasteiger partial charge is 0.217 e.